The summed E-state index contributed by atoms with van der Waals surface area (Å²) in [5.74, 6) is -0.599. The Morgan fingerprint density at radius 1 is 1.13 bits per heavy atom. The summed E-state index contributed by atoms with van der Waals surface area (Å²) in [5.41, 5.74) is 0. The number of rotatable bonds is 18. The molecule has 8 nitrogen and oxygen atoms in total. The summed E-state index contributed by atoms with van der Waals surface area (Å²) in [4.78, 5) is 17.1. The van der Waals surface area contributed by atoms with E-state index >= 15 is 0 Å². The van der Waals surface area contributed by atoms with Crippen LogP contribution in [-0.4, -0.2) is 83.9 Å². The summed E-state index contributed by atoms with van der Waals surface area (Å²) in [7, 11) is -4.33. The highest BCUT2D eigenvalue weighted by molar-refractivity contribution is 7.85. The second kappa shape index (κ2) is 14.8. The molecule has 2 unspecified atom stereocenters. The Morgan fingerprint density at radius 2 is 1.77 bits per heavy atom. The molecule has 1 heterocycles. The number of Topliss-reactive ketones (excluding diaryl/α,β-unsaturated/α-hetero) is 1. The normalized spacial score (nSPS) is 20.3. The standard InChI is InChI=1S/C22H40N2O6S/c1-2-3-4-5-6-7-8-9-10-11-12-13-21(27)22-23-14-15-24(22,16-17-25)18-20(26)19-31(28,29)30/h5-6,20,25-26H,2-4,7-19H2,1H3/p+1/b6-5+. The third kappa shape index (κ3) is 11.3. The van der Waals surface area contributed by atoms with E-state index in [4.69, 9.17) is 4.55 Å². The van der Waals surface area contributed by atoms with Gasteiger partial charge in [0.2, 0.25) is 5.78 Å². The van der Waals surface area contributed by atoms with Crippen molar-refractivity contribution < 1.29 is 32.5 Å². The van der Waals surface area contributed by atoms with Crippen molar-refractivity contribution in [1.82, 2.24) is 0 Å². The van der Waals surface area contributed by atoms with Crippen molar-refractivity contribution in [3.05, 3.63) is 12.2 Å². The minimum Gasteiger partial charge on any atom is -0.390 e. The van der Waals surface area contributed by atoms with Crippen LogP contribution >= 0.6 is 0 Å². The maximum absolute atomic E-state index is 12.8. The summed E-state index contributed by atoms with van der Waals surface area (Å²) >= 11 is 0. The molecule has 0 aromatic heterocycles. The van der Waals surface area contributed by atoms with Crippen molar-refractivity contribution in [3.8, 4) is 0 Å². The van der Waals surface area contributed by atoms with Gasteiger partial charge in [0.05, 0.1) is 13.2 Å². The van der Waals surface area contributed by atoms with Gasteiger partial charge < -0.3 is 10.2 Å². The smallest absolute Gasteiger partial charge is 0.267 e. The second-order valence-corrected chi connectivity index (χ2v) is 9.95. The number of allylic oxidation sites excluding steroid dienone is 2. The molecule has 31 heavy (non-hydrogen) atoms. The van der Waals surface area contributed by atoms with Crippen molar-refractivity contribution >= 4 is 21.7 Å². The van der Waals surface area contributed by atoms with Gasteiger partial charge in [-0.3, -0.25) is 13.8 Å². The quantitative estimate of drug-likeness (QED) is 0.125. The Hall–Kier alpha value is -1.13. The monoisotopic (exact) mass is 461 g/mol. The first-order chi connectivity index (χ1) is 14.7. The van der Waals surface area contributed by atoms with Gasteiger partial charge in [-0.2, -0.15) is 8.42 Å². The molecular formula is C22H41N2O6S+. The highest BCUT2D eigenvalue weighted by Crippen LogP contribution is 2.20. The number of ketones is 1. The van der Waals surface area contributed by atoms with Crippen molar-refractivity contribution in [2.75, 3.05) is 38.5 Å². The van der Waals surface area contributed by atoms with E-state index in [1.165, 1.54) is 12.8 Å². The van der Waals surface area contributed by atoms with Gasteiger partial charge in [-0.15, -0.1) is 0 Å². The Bertz CT molecular complexity index is 692. The average Bonchev–Trinajstić information content (AvgIpc) is 3.07. The molecule has 0 aliphatic carbocycles. The molecule has 0 saturated carbocycles. The fraction of sp³-hybridized carbons (Fsp3) is 0.818. The van der Waals surface area contributed by atoms with E-state index in [2.05, 4.69) is 24.1 Å². The molecule has 0 saturated heterocycles. The molecule has 0 aromatic rings. The summed E-state index contributed by atoms with van der Waals surface area (Å²) in [5, 5.41) is 19.6. The first kappa shape index (κ1) is 27.9. The number of aliphatic imine (C=N–C) groups is 1. The third-order valence-electron chi connectivity index (χ3n) is 5.65. The minimum atomic E-state index is -4.33. The van der Waals surface area contributed by atoms with Crippen LogP contribution < -0.4 is 0 Å². The maximum atomic E-state index is 12.8. The largest absolute Gasteiger partial charge is 0.390 e. The molecular weight excluding hydrogens is 420 g/mol. The Balaban J connectivity index is 2.42. The number of aliphatic hydroxyl groups excluding tert-OH is 2. The number of nitrogens with zero attached hydrogens (tertiary/aromatic N) is 2. The van der Waals surface area contributed by atoms with Crippen molar-refractivity contribution in [3.63, 3.8) is 0 Å². The van der Waals surface area contributed by atoms with Crippen LogP contribution in [-0.2, 0) is 14.9 Å². The van der Waals surface area contributed by atoms with Crippen LogP contribution in [0.4, 0.5) is 0 Å². The fourth-order valence-electron chi connectivity index (χ4n) is 4.08. The number of unbranched alkanes of at least 4 members (excludes halogenated alkanes) is 7. The molecule has 0 amide bonds. The Kier molecular flexibility index (Phi) is 13.4. The predicted molar refractivity (Wildman–Crippen MR) is 123 cm³/mol. The van der Waals surface area contributed by atoms with Crippen LogP contribution in [0.5, 0.6) is 0 Å². The Labute approximate surface area is 187 Å². The molecule has 0 spiro atoms. The lowest BCUT2D eigenvalue weighted by Gasteiger charge is -2.34. The number of carbonyl (C=O) groups is 1. The zero-order valence-corrected chi connectivity index (χ0v) is 19.7. The number of hydrogen-bond acceptors (Lipinski definition) is 6. The molecule has 0 bridgehead atoms. The number of aliphatic hydroxyl groups is 2. The average molecular weight is 462 g/mol. The van der Waals surface area contributed by atoms with Crippen LogP contribution in [0.3, 0.4) is 0 Å². The van der Waals surface area contributed by atoms with Gasteiger partial charge >= 0.3 is 0 Å². The summed E-state index contributed by atoms with van der Waals surface area (Å²) in [6.45, 7) is 2.91. The second-order valence-electron chi connectivity index (χ2n) is 8.45. The number of amidine groups is 1. The van der Waals surface area contributed by atoms with Gasteiger partial charge in [-0.1, -0.05) is 51.2 Å². The van der Waals surface area contributed by atoms with E-state index < -0.39 is 22.0 Å². The van der Waals surface area contributed by atoms with E-state index in [1.807, 2.05) is 0 Å². The highest BCUT2D eigenvalue weighted by Gasteiger charge is 2.43. The van der Waals surface area contributed by atoms with Gasteiger partial charge in [0.1, 0.15) is 31.5 Å². The first-order valence-corrected chi connectivity index (χ1v) is 13.2. The lowest BCUT2D eigenvalue weighted by atomic mass is 10.1. The van der Waals surface area contributed by atoms with Gasteiger partial charge in [0.25, 0.3) is 16.0 Å². The van der Waals surface area contributed by atoms with E-state index in [0.717, 1.165) is 44.9 Å². The molecule has 9 heteroatoms. The zero-order chi connectivity index (χ0) is 23.2. The zero-order valence-electron chi connectivity index (χ0n) is 18.9. The molecule has 1 aliphatic heterocycles. The molecule has 0 fully saturated rings. The number of hydrogen-bond donors (Lipinski definition) is 3. The SMILES string of the molecule is CCCC/C=C/CCCCCCCC(=O)C1=NCC[N+]1(CCO)CC(O)CS(=O)(=O)O. The number of carbonyl (C=O) groups excluding carboxylic acids is 1. The lowest BCUT2D eigenvalue weighted by Crippen LogP contribution is -2.59. The van der Waals surface area contributed by atoms with E-state index in [9.17, 15) is 23.4 Å². The van der Waals surface area contributed by atoms with E-state index in [-0.39, 0.29) is 30.0 Å². The molecule has 1 aliphatic rings. The summed E-state index contributed by atoms with van der Waals surface area (Å²) in [6.07, 6.45) is 13.4. The Morgan fingerprint density at radius 3 is 2.42 bits per heavy atom. The molecule has 180 valence electrons. The van der Waals surface area contributed by atoms with Crippen molar-refractivity contribution in [1.29, 1.82) is 0 Å². The van der Waals surface area contributed by atoms with Gasteiger partial charge in [-0.05, 0) is 25.7 Å². The van der Waals surface area contributed by atoms with Crippen molar-refractivity contribution in [2.24, 2.45) is 4.99 Å². The minimum absolute atomic E-state index is 0.0314. The topological polar surface area (TPSA) is 124 Å². The van der Waals surface area contributed by atoms with Gasteiger partial charge in [0, 0.05) is 6.42 Å². The lowest BCUT2D eigenvalue weighted by molar-refractivity contribution is -0.837. The van der Waals surface area contributed by atoms with Crippen LogP contribution in [0.25, 0.3) is 0 Å². The number of quaternary nitrogens is 1. The highest BCUT2D eigenvalue weighted by atomic mass is 32.2. The predicted octanol–water partition coefficient (Wildman–Crippen LogP) is 2.50. The van der Waals surface area contributed by atoms with Crippen LogP contribution in [0.2, 0.25) is 0 Å². The van der Waals surface area contributed by atoms with Crippen LogP contribution in [0, 0.1) is 0 Å². The van der Waals surface area contributed by atoms with Gasteiger partial charge in [-0.25, -0.2) is 4.99 Å². The van der Waals surface area contributed by atoms with Crippen molar-refractivity contribution in [2.45, 2.75) is 77.2 Å². The summed E-state index contributed by atoms with van der Waals surface area (Å²) in [6, 6.07) is 0. The maximum Gasteiger partial charge on any atom is 0.267 e. The molecule has 0 aromatic carbocycles. The van der Waals surface area contributed by atoms with Crippen LogP contribution in [0.15, 0.2) is 17.1 Å². The molecule has 0 radical (unpaired) electrons. The molecule has 1 rings (SSSR count). The third-order valence-corrected chi connectivity index (χ3v) is 6.45. The van der Waals surface area contributed by atoms with Gasteiger partial charge in [0.15, 0.2) is 0 Å². The van der Waals surface area contributed by atoms with Crippen LogP contribution in [0.1, 0.15) is 71.1 Å². The first-order valence-electron chi connectivity index (χ1n) is 11.6. The van der Waals surface area contributed by atoms with E-state index in [1.54, 1.807) is 0 Å². The molecule has 2 atom stereocenters. The van der Waals surface area contributed by atoms with E-state index in [0.29, 0.717) is 25.3 Å². The summed E-state index contributed by atoms with van der Waals surface area (Å²) < 4.78 is 31.1. The molecule has 3 N–H and O–H groups in total. The fourth-order valence-corrected chi connectivity index (χ4v) is 4.67.